The summed E-state index contributed by atoms with van der Waals surface area (Å²) in [4.78, 5) is 13.8. The van der Waals surface area contributed by atoms with Crippen molar-refractivity contribution in [2.45, 2.75) is 12.0 Å². The van der Waals surface area contributed by atoms with Gasteiger partial charge in [-0.25, -0.2) is 9.79 Å². The van der Waals surface area contributed by atoms with E-state index in [-0.39, 0.29) is 12.3 Å². The second-order valence-electron chi connectivity index (χ2n) is 2.33. The standard InChI is InChI=1S/C7H11N3O2/c1-3-7(9,6(11)12)4-5(8)10-2/h3,8H,1-2,4,9H2,(H,11,12)/t7-/m0/s1. The van der Waals surface area contributed by atoms with Crippen LogP contribution in [-0.2, 0) is 4.79 Å². The largest absolute Gasteiger partial charge is 0.480 e. The van der Waals surface area contributed by atoms with Crippen molar-refractivity contribution in [1.82, 2.24) is 0 Å². The minimum Gasteiger partial charge on any atom is -0.480 e. The summed E-state index contributed by atoms with van der Waals surface area (Å²) in [6, 6.07) is 0. The SMILES string of the molecule is C=C[C@](N)(CC(=N)N=C)C(=O)O. The smallest absolute Gasteiger partial charge is 0.328 e. The Morgan fingerprint density at radius 3 is 2.58 bits per heavy atom. The van der Waals surface area contributed by atoms with E-state index >= 15 is 0 Å². The maximum absolute atomic E-state index is 10.5. The van der Waals surface area contributed by atoms with Gasteiger partial charge in [-0.15, -0.1) is 6.58 Å². The van der Waals surface area contributed by atoms with Gasteiger partial charge in [0.25, 0.3) is 0 Å². The van der Waals surface area contributed by atoms with Gasteiger partial charge in [-0.05, 0) is 6.72 Å². The van der Waals surface area contributed by atoms with Gasteiger partial charge in [-0.2, -0.15) is 0 Å². The number of amidine groups is 1. The number of carboxylic acids is 1. The van der Waals surface area contributed by atoms with Crippen molar-refractivity contribution < 1.29 is 9.90 Å². The van der Waals surface area contributed by atoms with E-state index < -0.39 is 11.5 Å². The summed E-state index contributed by atoms with van der Waals surface area (Å²) < 4.78 is 0. The van der Waals surface area contributed by atoms with E-state index in [0.29, 0.717) is 0 Å². The van der Waals surface area contributed by atoms with Crippen LogP contribution in [-0.4, -0.2) is 29.2 Å². The molecule has 5 nitrogen and oxygen atoms in total. The Bertz CT molecular complexity index is 237. The molecule has 1 atom stereocenters. The number of nitrogens with one attached hydrogen (secondary N) is 1. The van der Waals surface area contributed by atoms with Crippen molar-refractivity contribution in [3.63, 3.8) is 0 Å². The molecule has 12 heavy (non-hydrogen) atoms. The molecule has 0 heterocycles. The highest BCUT2D eigenvalue weighted by molar-refractivity contribution is 5.92. The van der Waals surface area contributed by atoms with Gasteiger partial charge in [0.2, 0.25) is 0 Å². The molecule has 0 aliphatic rings. The molecule has 0 aliphatic carbocycles. The minimum absolute atomic E-state index is 0.167. The third-order valence-electron chi connectivity index (χ3n) is 1.41. The van der Waals surface area contributed by atoms with Gasteiger partial charge in [0.05, 0.1) is 0 Å². The van der Waals surface area contributed by atoms with E-state index in [9.17, 15) is 4.79 Å². The number of aliphatic imine (C=N–C) groups is 1. The molecule has 66 valence electrons. The molecule has 0 saturated heterocycles. The molecule has 0 aromatic heterocycles. The molecule has 5 heteroatoms. The molecule has 0 rings (SSSR count). The highest BCUT2D eigenvalue weighted by Crippen LogP contribution is 2.09. The van der Waals surface area contributed by atoms with E-state index in [4.69, 9.17) is 16.2 Å². The van der Waals surface area contributed by atoms with Crippen LogP contribution < -0.4 is 5.73 Å². The lowest BCUT2D eigenvalue weighted by Gasteiger charge is -2.18. The van der Waals surface area contributed by atoms with Crippen molar-refractivity contribution in [1.29, 1.82) is 5.41 Å². The van der Waals surface area contributed by atoms with Crippen LogP contribution >= 0.6 is 0 Å². The maximum Gasteiger partial charge on any atom is 0.328 e. The Labute approximate surface area is 70.1 Å². The number of carboxylic acid groups (broad SMARTS) is 1. The first-order valence-corrected chi connectivity index (χ1v) is 3.16. The van der Waals surface area contributed by atoms with Gasteiger partial charge in [0.15, 0.2) is 0 Å². The lowest BCUT2D eigenvalue weighted by Crippen LogP contribution is -2.47. The molecule has 0 radical (unpaired) electrons. The molecule has 0 amide bonds. The fraction of sp³-hybridized carbons (Fsp3) is 0.286. The van der Waals surface area contributed by atoms with Crippen LogP contribution in [0.3, 0.4) is 0 Å². The number of carbonyl (C=O) groups is 1. The lowest BCUT2D eigenvalue weighted by atomic mass is 9.96. The van der Waals surface area contributed by atoms with Crippen LogP contribution in [0, 0.1) is 5.41 Å². The topological polar surface area (TPSA) is 99.5 Å². The Kier molecular flexibility index (Phi) is 3.30. The predicted molar refractivity (Wildman–Crippen MR) is 46.6 cm³/mol. The Morgan fingerprint density at radius 2 is 2.33 bits per heavy atom. The first-order valence-electron chi connectivity index (χ1n) is 3.16. The maximum atomic E-state index is 10.5. The Morgan fingerprint density at radius 1 is 1.83 bits per heavy atom. The normalized spacial score (nSPS) is 14.4. The van der Waals surface area contributed by atoms with E-state index in [2.05, 4.69) is 18.3 Å². The number of aliphatic carboxylic acids is 1. The highest BCUT2D eigenvalue weighted by atomic mass is 16.4. The van der Waals surface area contributed by atoms with Crippen LogP contribution in [0.15, 0.2) is 17.6 Å². The second-order valence-corrected chi connectivity index (χ2v) is 2.33. The monoisotopic (exact) mass is 169 g/mol. The van der Waals surface area contributed by atoms with Gasteiger partial charge in [-0.1, -0.05) is 6.08 Å². The molecule has 0 fully saturated rings. The van der Waals surface area contributed by atoms with Gasteiger partial charge < -0.3 is 10.8 Å². The summed E-state index contributed by atoms with van der Waals surface area (Å²) >= 11 is 0. The molecule has 0 aliphatic heterocycles. The summed E-state index contributed by atoms with van der Waals surface area (Å²) in [6.45, 7) is 6.36. The van der Waals surface area contributed by atoms with E-state index in [1.165, 1.54) is 0 Å². The van der Waals surface area contributed by atoms with Crippen molar-refractivity contribution in [3.8, 4) is 0 Å². The van der Waals surface area contributed by atoms with Crippen molar-refractivity contribution in [3.05, 3.63) is 12.7 Å². The van der Waals surface area contributed by atoms with Crippen molar-refractivity contribution in [2.24, 2.45) is 10.7 Å². The number of nitrogens with zero attached hydrogens (tertiary/aromatic N) is 1. The van der Waals surface area contributed by atoms with Crippen molar-refractivity contribution in [2.75, 3.05) is 0 Å². The minimum atomic E-state index is -1.61. The van der Waals surface area contributed by atoms with Crippen LogP contribution in [0.25, 0.3) is 0 Å². The zero-order chi connectivity index (χ0) is 9.78. The summed E-state index contributed by atoms with van der Waals surface area (Å²) in [5.74, 6) is -1.40. The van der Waals surface area contributed by atoms with Gasteiger partial charge >= 0.3 is 5.97 Å². The average Bonchev–Trinajstić information content (AvgIpc) is 2.03. The molecule has 0 saturated carbocycles. The quantitative estimate of drug-likeness (QED) is 0.314. The lowest BCUT2D eigenvalue weighted by molar-refractivity contribution is -0.141. The molecule has 0 aromatic rings. The molecule has 0 spiro atoms. The average molecular weight is 169 g/mol. The fourth-order valence-corrected chi connectivity index (χ4v) is 0.568. The molecular formula is C7H11N3O2. The number of hydrogen-bond donors (Lipinski definition) is 3. The highest BCUT2D eigenvalue weighted by Gasteiger charge is 2.31. The first-order chi connectivity index (χ1) is 5.46. The third-order valence-corrected chi connectivity index (χ3v) is 1.41. The van der Waals surface area contributed by atoms with Crippen LogP contribution in [0.1, 0.15) is 6.42 Å². The van der Waals surface area contributed by atoms with Gasteiger partial charge in [0.1, 0.15) is 11.4 Å². The second kappa shape index (κ2) is 3.77. The van der Waals surface area contributed by atoms with Crippen LogP contribution in [0.4, 0.5) is 0 Å². The Balaban J connectivity index is 4.55. The van der Waals surface area contributed by atoms with E-state index in [1.54, 1.807) is 0 Å². The predicted octanol–water partition coefficient (Wildman–Crippen LogP) is 0.0225. The van der Waals surface area contributed by atoms with Crippen LogP contribution in [0.5, 0.6) is 0 Å². The summed E-state index contributed by atoms with van der Waals surface area (Å²) in [7, 11) is 0. The van der Waals surface area contributed by atoms with Gasteiger partial charge in [-0.3, -0.25) is 5.41 Å². The molecule has 0 unspecified atom stereocenters. The zero-order valence-corrected chi connectivity index (χ0v) is 6.58. The zero-order valence-electron chi connectivity index (χ0n) is 6.58. The number of rotatable bonds is 4. The fourth-order valence-electron chi connectivity index (χ4n) is 0.568. The van der Waals surface area contributed by atoms with Crippen molar-refractivity contribution >= 4 is 18.5 Å². The van der Waals surface area contributed by atoms with E-state index in [0.717, 1.165) is 6.08 Å². The number of hydrogen-bond acceptors (Lipinski definition) is 3. The van der Waals surface area contributed by atoms with Crippen LogP contribution in [0.2, 0.25) is 0 Å². The first kappa shape index (κ1) is 10.5. The molecular weight excluding hydrogens is 158 g/mol. The molecule has 4 N–H and O–H groups in total. The third kappa shape index (κ3) is 2.28. The summed E-state index contributed by atoms with van der Waals surface area (Å²) in [5, 5.41) is 15.7. The number of nitrogens with two attached hydrogens (primary N) is 1. The van der Waals surface area contributed by atoms with Gasteiger partial charge in [0, 0.05) is 6.42 Å². The summed E-state index contributed by atoms with van der Waals surface area (Å²) in [6.07, 6.45) is 0.879. The summed E-state index contributed by atoms with van der Waals surface area (Å²) in [5.41, 5.74) is 3.76. The van der Waals surface area contributed by atoms with E-state index in [1.807, 2.05) is 0 Å². The Hall–Kier alpha value is -1.49. The molecule has 0 bridgehead atoms. The molecule has 0 aromatic carbocycles.